The summed E-state index contributed by atoms with van der Waals surface area (Å²) in [4.78, 5) is 13.2. The number of amides is 1. The Morgan fingerprint density at radius 1 is 1.17 bits per heavy atom. The van der Waals surface area contributed by atoms with Crippen molar-refractivity contribution in [2.45, 2.75) is 25.7 Å². The molecule has 154 valence electrons. The van der Waals surface area contributed by atoms with Crippen molar-refractivity contribution in [3.8, 4) is 6.07 Å². The predicted molar refractivity (Wildman–Crippen MR) is 121 cm³/mol. The molecule has 0 heterocycles. The normalized spacial score (nSPS) is 11.8. The number of aliphatic hydroxyl groups is 1. The fourth-order valence-electron chi connectivity index (χ4n) is 3.73. The molecule has 3 rings (SSSR count). The van der Waals surface area contributed by atoms with Gasteiger partial charge in [0, 0.05) is 19.1 Å². The van der Waals surface area contributed by atoms with Gasteiger partial charge < -0.3 is 10.4 Å². The number of benzene rings is 3. The van der Waals surface area contributed by atoms with Crippen molar-refractivity contribution in [1.82, 2.24) is 5.32 Å². The number of hydrogen-bond acceptors (Lipinski definition) is 3. The lowest BCUT2D eigenvalue weighted by Crippen LogP contribution is -2.30. The van der Waals surface area contributed by atoms with Gasteiger partial charge >= 0.3 is 0 Å². The first-order chi connectivity index (χ1) is 14.5. The van der Waals surface area contributed by atoms with E-state index in [0.717, 1.165) is 21.9 Å². The molecule has 2 N–H and O–H groups in total. The van der Waals surface area contributed by atoms with E-state index in [2.05, 4.69) is 11.4 Å². The van der Waals surface area contributed by atoms with Crippen LogP contribution in [0.3, 0.4) is 0 Å². The standard InChI is InChI=1S/C24H22Cl2N2O2/c1-2-19-18(13-27)11-16-5-3-4-6-20(16)23(19)24(30)28-14-17(9-10-29)15-7-8-21(25)22(26)12-15/h3-8,11-12,17,29H,2,9-10,14H2,1H3,(H,28,30). The summed E-state index contributed by atoms with van der Waals surface area (Å²) < 4.78 is 0. The molecule has 0 aliphatic carbocycles. The zero-order chi connectivity index (χ0) is 21.7. The molecule has 0 aliphatic rings. The second-order valence-corrected chi connectivity index (χ2v) is 7.87. The molecule has 0 saturated heterocycles. The van der Waals surface area contributed by atoms with E-state index in [0.29, 0.717) is 40.6 Å². The topological polar surface area (TPSA) is 73.1 Å². The number of hydrogen-bond donors (Lipinski definition) is 2. The molecule has 0 radical (unpaired) electrons. The van der Waals surface area contributed by atoms with Crippen LogP contribution in [0.4, 0.5) is 0 Å². The SMILES string of the molecule is CCc1c(C#N)cc2ccccc2c1C(=O)NCC(CCO)c1ccc(Cl)c(Cl)c1. The third kappa shape index (κ3) is 4.60. The zero-order valence-corrected chi connectivity index (χ0v) is 18.1. The Kier molecular flexibility index (Phi) is 7.33. The second kappa shape index (κ2) is 9.95. The van der Waals surface area contributed by atoms with E-state index in [-0.39, 0.29) is 18.4 Å². The minimum Gasteiger partial charge on any atom is -0.396 e. The maximum atomic E-state index is 13.2. The lowest BCUT2D eigenvalue weighted by atomic mass is 9.92. The van der Waals surface area contributed by atoms with Crippen LogP contribution in [0.2, 0.25) is 10.0 Å². The molecule has 4 nitrogen and oxygen atoms in total. The highest BCUT2D eigenvalue weighted by Crippen LogP contribution is 2.29. The molecule has 30 heavy (non-hydrogen) atoms. The molecule has 0 saturated carbocycles. The van der Waals surface area contributed by atoms with Gasteiger partial charge in [-0.3, -0.25) is 4.79 Å². The molecule has 0 aliphatic heterocycles. The zero-order valence-electron chi connectivity index (χ0n) is 16.6. The summed E-state index contributed by atoms with van der Waals surface area (Å²) in [5.41, 5.74) is 2.67. The Morgan fingerprint density at radius 3 is 2.60 bits per heavy atom. The highest BCUT2D eigenvalue weighted by Gasteiger charge is 2.20. The first kappa shape index (κ1) is 22.1. The number of carbonyl (C=O) groups is 1. The number of rotatable bonds is 7. The largest absolute Gasteiger partial charge is 0.396 e. The van der Waals surface area contributed by atoms with Crippen LogP contribution in [0.5, 0.6) is 0 Å². The van der Waals surface area contributed by atoms with Crippen molar-refractivity contribution in [2.24, 2.45) is 0 Å². The lowest BCUT2D eigenvalue weighted by molar-refractivity contribution is 0.0950. The van der Waals surface area contributed by atoms with Crippen LogP contribution in [0.15, 0.2) is 48.5 Å². The number of fused-ring (bicyclic) bond motifs is 1. The first-order valence-electron chi connectivity index (χ1n) is 9.78. The van der Waals surface area contributed by atoms with E-state index in [9.17, 15) is 15.2 Å². The molecule has 0 fully saturated rings. The highest BCUT2D eigenvalue weighted by molar-refractivity contribution is 6.42. The van der Waals surface area contributed by atoms with Gasteiger partial charge in [-0.05, 0) is 52.9 Å². The summed E-state index contributed by atoms with van der Waals surface area (Å²) in [5.74, 6) is -0.354. The molecule has 1 atom stereocenters. The minimum absolute atomic E-state index is 0.0200. The molecule has 1 unspecified atom stereocenters. The van der Waals surface area contributed by atoms with Crippen LogP contribution < -0.4 is 5.32 Å². The smallest absolute Gasteiger partial charge is 0.252 e. The van der Waals surface area contributed by atoms with Crippen LogP contribution in [-0.2, 0) is 6.42 Å². The summed E-state index contributed by atoms with van der Waals surface area (Å²) in [6.07, 6.45) is 1.04. The van der Waals surface area contributed by atoms with Crippen LogP contribution >= 0.6 is 23.2 Å². The molecule has 0 bridgehead atoms. The number of carbonyl (C=O) groups excluding carboxylic acids is 1. The van der Waals surface area contributed by atoms with Crippen LogP contribution in [-0.4, -0.2) is 24.2 Å². The molecule has 3 aromatic rings. The van der Waals surface area contributed by atoms with E-state index < -0.39 is 0 Å². The Labute approximate surface area is 186 Å². The Balaban J connectivity index is 1.94. The summed E-state index contributed by atoms with van der Waals surface area (Å²) in [6, 6.07) is 16.9. The summed E-state index contributed by atoms with van der Waals surface area (Å²) >= 11 is 12.2. The van der Waals surface area contributed by atoms with Crippen molar-refractivity contribution in [3.05, 3.63) is 80.8 Å². The van der Waals surface area contributed by atoms with Crippen molar-refractivity contribution in [2.75, 3.05) is 13.2 Å². The third-order valence-electron chi connectivity index (χ3n) is 5.26. The van der Waals surface area contributed by atoms with Crippen molar-refractivity contribution >= 4 is 39.9 Å². The fourth-order valence-corrected chi connectivity index (χ4v) is 4.04. The molecule has 0 spiro atoms. The quantitative estimate of drug-likeness (QED) is 0.510. The van der Waals surface area contributed by atoms with Crippen molar-refractivity contribution in [3.63, 3.8) is 0 Å². The number of nitriles is 1. The highest BCUT2D eigenvalue weighted by atomic mass is 35.5. The van der Waals surface area contributed by atoms with E-state index in [1.54, 1.807) is 12.1 Å². The second-order valence-electron chi connectivity index (χ2n) is 7.06. The van der Waals surface area contributed by atoms with Gasteiger partial charge in [-0.2, -0.15) is 5.26 Å². The third-order valence-corrected chi connectivity index (χ3v) is 6.00. The summed E-state index contributed by atoms with van der Waals surface area (Å²) in [6.45, 7) is 2.24. The molecule has 6 heteroatoms. The van der Waals surface area contributed by atoms with E-state index in [1.165, 1.54) is 0 Å². The molecule has 0 aromatic heterocycles. The van der Waals surface area contributed by atoms with Gasteiger partial charge in [0.1, 0.15) is 0 Å². The van der Waals surface area contributed by atoms with Crippen LogP contribution in [0, 0.1) is 11.3 Å². The molecular weight excluding hydrogens is 419 g/mol. The monoisotopic (exact) mass is 440 g/mol. The van der Waals surface area contributed by atoms with Gasteiger partial charge in [0.15, 0.2) is 0 Å². The van der Waals surface area contributed by atoms with E-state index in [1.807, 2.05) is 43.3 Å². The van der Waals surface area contributed by atoms with Gasteiger partial charge in [-0.1, -0.05) is 60.5 Å². The Hall–Kier alpha value is -2.58. The number of halogens is 2. The van der Waals surface area contributed by atoms with Gasteiger partial charge in [-0.25, -0.2) is 0 Å². The number of nitrogens with zero attached hydrogens (tertiary/aromatic N) is 1. The lowest BCUT2D eigenvalue weighted by Gasteiger charge is -2.19. The maximum absolute atomic E-state index is 13.2. The average molecular weight is 441 g/mol. The molecule has 3 aromatic carbocycles. The van der Waals surface area contributed by atoms with Gasteiger partial charge in [0.2, 0.25) is 0 Å². The van der Waals surface area contributed by atoms with Gasteiger partial charge in [-0.15, -0.1) is 0 Å². The van der Waals surface area contributed by atoms with Crippen molar-refractivity contribution in [1.29, 1.82) is 5.26 Å². The molecular formula is C24H22Cl2N2O2. The van der Waals surface area contributed by atoms with Crippen LogP contribution in [0.25, 0.3) is 10.8 Å². The van der Waals surface area contributed by atoms with Gasteiger partial charge in [0.25, 0.3) is 5.91 Å². The van der Waals surface area contributed by atoms with E-state index in [4.69, 9.17) is 23.2 Å². The number of aliphatic hydroxyl groups excluding tert-OH is 1. The minimum atomic E-state index is -0.233. The van der Waals surface area contributed by atoms with Crippen LogP contribution in [0.1, 0.15) is 46.3 Å². The Bertz CT molecular complexity index is 1120. The predicted octanol–water partition coefficient (Wildman–Crippen LogP) is 5.48. The maximum Gasteiger partial charge on any atom is 0.252 e. The fraction of sp³-hybridized carbons (Fsp3) is 0.250. The summed E-state index contributed by atoms with van der Waals surface area (Å²) in [5, 5.41) is 24.6. The van der Waals surface area contributed by atoms with Crippen molar-refractivity contribution < 1.29 is 9.90 Å². The van der Waals surface area contributed by atoms with E-state index >= 15 is 0 Å². The average Bonchev–Trinajstić information content (AvgIpc) is 2.76. The first-order valence-corrected chi connectivity index (χ1v) is 10.5. The number of nitrogens with one attached hydrogen (secondary N) is 1. The molecule has 1 amide bonds. The Morgan fingerprint density at radius 2 is 1.93 bits per heavy atom. The van der Waals surface area contributed by atoms with Gasteiger partial charge in [0.05, 0.1) is 27.2 Å². The summed E-state index contributed by atoms with van der Waals surface area (Å²) in [7, 11) is 0.